The van der Waals surface area contributed by atoms with Crippen LogP contribution in [0.3, 0.4) is 0 Å². The van der Waals surface area contributed by atoms with Gasteiger partial charge >= 0.3 is 0 Å². The number of ether oxygens (including phenoxy) is 3. The number of anilines is 1. The average molecular weight is 668 g/mol. The molecule has 0 bridgehead atoms. The van der Waals surface area contributed by atoms with E-state index in [1.54, 1.807) is 19.1 Å². The van der Waals surface area contributed by atoms with Gasteiger partial charge in [-0.15, -0.1) is 0 Å². The van der Waals surface area contributed by atoms with Gasteiger partial charge in [0.25, 0.3) is 11.8 Å². The molecule has 12 heteroatoms. The summed E-state index contributed by atoms with van der Waals surface area (Å²) >= 11 is 12.4. The third-order valence-electron chi connectivity index (χ3n) is 8.59. The van der Waals surface area contributed by atoms with E-state index in [1.165, 1.54) is 4.90 Å². The van der Waals surface area contributed by atoms with Crippen LogP contribution < -0.4 is 15.0 Å². The lowest BCUT2D eigenvalue weighted by atomic mass is 9.99. The van der Waals surface area contributed by atoms with Crippen molar-refractivity contribution in [3.05, 3.63) is 81.8 Å². The number of amides is 3. The van der Waals surface area contributed by atoms with Gasteiger partial charge in [0, 0.05) is 44.4 Å². The molecule has 3 aromatic carbocycles. The van der Waals surface area contributed by atoms with Crippen molar-refractivity contribution in [2.75, 3.05) is 70.7 Å². The minimum atomic E-state index is -0.836. The number of carbonyl (C=O) groups is 3. The van der Waals surface area contributed by atoms with E-state index in [-0.39, 0.29) is 35.4 Å². The van der Waals surface area contributed by atoms with Gasteiger partial charge in [0.2, 0.25) is 5.91 Å². The maximum atomic E-state index is 13.8. The molecule has 0 aliphatic carbocycles. The molecule has 3 aliphatic rings. The van der Waals surface area contributed by atoms with Gasteiger partial charge < -0.3 is 24.4 Å². The van der Waals surface area contributed by atoms with Crippen LogP contribution in [0.1, 0.15) is 28.9 Å². The highest BCUT2D eigenvalue weighted by Crippen LogP contribution is 2.39. The summed E-state index contributed by atoms with van der Waals surface area (Å²) in [5, 5.41) is 3.77. The predicted octanol–water partition coefficient (Wildman–Crippen LogP) is 4.44. The van der Waals surface area contributed by atoms with Crippen LogP contribution in [-0.4, -0.2) is 99.3 Å². The lowest BCUT2D eigenvalue weighted by molar-refractivity contribution is -0.128. The number of benzene rings is 3. The van der Waals surface area contributed by atoms with Gasteiger partial charge in [0.05, 0.1) is 48.2 Å². The maximum absolute atomic E-state index is 13.8. The van der Waals surface area contributed by atoms with Crippen molar-refractivity contribution < 1.29 is 28.6 Å². The first-order chi connectivity index (χ1) is 22.3. The van der Waals surface area contributed by atoms with E-state index < -0.39 is 6.04 Å². The second-order valence-corrected chi connectivity index (χ2v) is 12.4. The van der Waals surface area contributed by atoms with Crippen molar-refractivity contribution >= 4 is 46.6 Å². The average Bonchev–Trinajstić information content (AvgIpc) is 3.09. The van der Waals surface area contributed by atoms with Crippen LogP contribution >= 0.6 is 23.2 Å². The van der Waals surface area contributed by atoms with Crippen LogP contribution in [0.15, 0.2) is 60.7 Å². The Morgan fingerprint density at radius 2 is 1.43 bits per heavy atom. The van der Waals surface area contributed by atoms with Gasteiger partial charge in [-0.2, -0.15) is 0 Å². The molecule has 1 N–H and O–H groups in total. The molecule has 0 saturated carbocycles. The topological polar surface area (TPSA) is 101 Å². The van der Waals surface area contributed by atoms with Gasteiger partial charge in [-0.05, 0) is 41.8 Å². The molecule has 10 nitrogen and oxygen atoms in total. The molecule has 3 aliphatic heterocycles. The Kier molecular flexibility index (Phi) is 10.1. The van der Waals surface area contributed by atoms with E-state index in [2.05, 4.69) is 10.2 Å². The summed E-state index contributed by atoms with van der Waals surface area (Å²) in [6.45, 7) is 7.14. The molecule has 0 spiro atoms. The van der Waals surface area contributed by atoms with Crippen LogP contribution in [0.5, 0.6) is 5.75 Å². The minimum Gasteiger partial charge on any atom is -0.482 e. The minimum absolute atomic E-state index is 0.00952. The number of morpholine rings is 2. The first kappa shape index (κ1) is 32.3. The summed E-state index contributed by atoms with van der Waals surface area (Å²) in [6, 6.07) is 17.6. The zero-order chi connectivity index (χ0) is 32.2. The van der Waals surface area contributed by atoms with Crippen molar-refractivity contribution in [2.24, 2.45) is 0 Å². The molecule has 0 radical (unpaired) electrons. The molecule has 0 aromatic heterocycles. The Bertz CT molecular complexity index is 1570. The molecule has 2 fully saturated rings. The number of hydrogen-bond acceptors (Lipinski definition) is 7. The number of hydrogen-bond donors (Lipinski definition) is 1. The van der Waals surface area contributed by atoms with E-state index in [9.17, 15) is 14.4 Å². The molecule has 242 valence electrons. The fraction of sp³-hybridized carbons (Fsp3) is 0.382. The Morgan fingerprint density at radius 1 is 0.848 bits per heavy atom. The fourth-order valence-corrected chi connectivity index (χ4v) is 6.25. The van der Waals surface area contributed by atoms with Gasteiger partial charge in [-0.25, -0.2) is 0 Å². The summed E-state index contributed by atoms with van der Waals surface area (Å²) in [4.78, 5) is 45.1. The zero-order valence-electron chi connectivity index (χ0n) is 25.5. The van der Waals surface area contributed by atoms with Gasteiger partial charge in [0.15, 0.2) is 6.61 Å². The molecule has 2 saturated heterocycles. The third-order valence-corrected chi connectivity index (χ3v) is 9.31. The Hall–Kier alpha value is -3.67. The standard InChI is InChI=1S/C34H36Cl2N4O6/c1-22(40-30-18-27(35)28(36)19-31(30)46-21-32(40)41)33(42)37-29(20-38-10-14-44-15-11-38)25-6-2-23(3-7-25)24-4-8-26(9-5-24)34(43)39-12-16-45-17-13-39/h2-9,18-19,22,29H,10-17,20-21H2,1H3,(H,37,42). The summed E-state index contributed by atoms with van der Waals surface area (Å²) in [5.74, 6) is -0.252. The van der Waals surface area contributed by atoms with Crippen molar-refractivity contribution in [3.8, 4) is 16.9 Å². The largest absolute Gasteiger partial charge is 0.482 e. The number of nitrogens with one attached hydrogen (secondary N) is 1. The monoisotopic (exact) mass is 666 g/mol. The maximum Gasteiger partial charge on any atom is 0.265 e. The van der Waals surface area contributed by atoms with Crippen LogP contribution in [0.2, 0.25) is 10.0 Å². The summed E-state index contributed by atoms with van der Waals surface area (Å²) in [7, 11) is 0. The van der Waals surface area contributed by atoms with Gasteiger partial charge in [-0.3, -0.25) is 24.2 Å². The van der Waals surface area contributed by atoms with Gasteiger partial charge in [-0.1, -0.05) is 59.6 Å². The molecule has 3 heterocycles. The molecule has 46 heavy (non-hydrogen) atoms. The van der Waals surface area contributed by atoms with Crippen molar-refractivity contribution in [1.82, 2.24) is 15.1 Å². The molecule has 3 amide bonds. The molecular weight excluding hydrogens is 631 g/mol. The third kappa shape index (κ3) is 7.16. The van der Waals surface area contributed by atoms with Crippen LogP contribution in [-0.2, 0) is 19.1 Å². The summed E-state index contributed by atoms with van der Waals surface area (Å²) in [6.07, 6.45) is 0. The highest BCUT2D eigenvalue weighted by atomic mass is 35.5. The second kappa shape index (κ2) is 14.4. The highest BCUT2D eigenvalue weighted by Gasteiger charge is 2.35. The molecular formula is C34H36Cl2N4O6. The van der Waals surface area contributed by atoms with Crippen LogP contribution in [0.25, 0.3) is 11.1 Å². The predicted molar refractivity (Wildman–Crippen MR) is 176 cm³/mol. The molecule has 6 rings (SSSR count). The normalized spacial score (nSPS) is 18.4. The van der Waals surface area contributed by atoms with Crippen LogP contribution in [0.4, 0.5) is 5.69 Å². The number of fused-ring (bicyclic) bond motifs is 1. The summed E-state index contributed by atoms with van der Waals surface area (Å²) in [5.41, 5.74) is 3.95. The number of nitrogens with zero attached hydrogens (tertiary/aromatic N) is 3. The number of halogens is 2. The van der Waals surface area contributed by atoms with E-state index in [1.807, 2.05) is 53.4 Å². The first-order valence-electron chi connectivity index (χ1n) is 15.4. The van der Waals surface area contributed by atoms with Gasteiger partial charge in [0.1, 0.15) is 11.8 Å². The smallest absolute Gasteiger partial charge is 0.265 e. The van der Waals surface area contributed by atoms with E-state index in [0.717, 1.165) is 29.8 Å². The molecule has 2 atom stereocenters. The molecule has 2 unspecified atom stereocenters. The van der Waals surface area contributed by atoms with E-state index in [4.69, 9.17) is 37.4 Å². The Morgan fingerprint density at radius 3 is 2.09 bits per heavy atom. The number of carbonyl (C=O) groups excluding carboxylic acids is 3. The zero-order valence-corrected chi connectivity index (χ0v) is 27.1. The second-order valence-electron chi connectivity index (χ2n) is 11.5. The van der Waals surface area contributed by atoms with Crippen molar-refractivity contribution in [2.45, 2.75) is 19.0 Å². The highest BCUT2D eigenvalue weighted by molar-refractivity contribution is 6.42. The van der Waals surface area contributed by atoms with Crippen LogP contribution in [0, 0.1) is 0 Å². The number of rotatable bonds is 8. The van der Waals surface area contributed by atoms with Crippen molar-refractivity contribution in [3.63, 3.8) is 0 Å². The van der Waals surface area contributed by atoms with E-state index in [0.29, 0.717) is 68.1 Å². The van der Waals surface area contributed by atoms with E-state index >= 15 is 0 Å². The van der Waals surface area contributed by atoms with Crippen molar-refractivity contribution in [1.29, 1.82) is 0 Å². The lowest BCUT2D eigenvalue weighted by Gasteiger charge is -2.35. The summed E-state index contributed by atoms with van der Waals surface area (Å²) < 4.78 is 16.5. The SMILES string of the molecule is CC(C(=O)NC(CN1CCOCC1)c1ccc(-c2ccc(C(=O)N3CCOCC3)cc2)cc1)N1C(=O)COc2cc(Cl)c(Cl)cc21. The lowest BCUT2D eigenvalue weighted by Crippen LogP contribution is -2.53. The Labute approximate surface area is 278 Å². The fourth-order valence-electron chi connectivity index (χ4n) is 5.94. The Balaban J connectivity index is 1.19. The first-order valence-corrected chi connectivity index (χ1v) is 16.2. The molecule has 3 aromatic rings. The quantitative estimate of drug-likeness (QED) is 0.380.